The molecule has 0 radical (unpaired) electrons. The summed E-state index contributed by atoms with van der Waals surface area (Å²) in [4.78, 5) is 0. The number of halogens is 14. The van der Waals surface area contributed by atoms with Crippen LogP contribution in [0.3, 0.4) is 0 Å². The minimum atomic E-state index is -7.90. The lowest BCUT2D eigenvalue weighted by molar-refractivity contribution is -0.440. The quantitative estimate of drug-likeness (QED) is 0.223. The monoisotopic (exact) mass is 562 g/mol. The van der Waals surface area contributed by atoms with E-state index in [4.69, 9.17) is 10.2 Å². The number of rotatable bonds is 10. The molecule has 0 aromatic heterocycles. The normalized spacial score (nSPS) is 17.6. The molecule has 0 rings (SSSR count). The summed E-state index contributed by atoms with van der Waals surface area (Å²) in [7, 11) is 0. The van der Waals surface area contributed by atoms with Crippen molar-refractivity contribution in [2.24, 2.45) is 0 Å². The molecule has 0 saturated carbocycles. The molecule has 0 aromatic rings. The Kier molecular flexibility index (Phi) is 8.39. The van der Waals surface area contributed by atoms with E-state index in [2.05, 4.69) is 0 Å². The van der Waals surface area contributed by atoms with E-state index < -0.39 is 71.7 Å². The highest BCUT2D eigenvalue weighted by Crippen LogP contribution is 2.61. The lowest BCUT2D eigenvalue weighted by Gasteiger charge is -2.40. The molecule has 170 valence electrons. The summed E-state index contributed by atoms with van der Waals surface area (Å²) in [6.45, 7) is -0.882. The summed E-state index contributed by atoms with van der Waals surface area (Å²) >= 11 is 0.968. The highest BCUT2D eigenvalue weighted by Gasteiger charge is 2.90. The fourth-order valence-electron chi connectivity index (χ4n) is 1.77. The number of aliphatic hydroxyl groups excluding tert-OH is 2. The highest BCUT2D eigenvalue weighted by molar-refractivity contribution is 14.1. The zero-order chi connectivity index (χ0) is 23.0. The summed E-state index contributed by atoms with van der Waals surface area (Å²) < 4.78 is 166. The first-order valence-corrected chi connectivity index (χ1v) is 8.23. The van der Waals surface area contributed by atoms with Crippen molar-refractivity contribution in [2.45, 2.75) is 65.1 Å². The first kappa shape index (κ1) is 27.7. The van der Waals surface area contributed by atoms with E-state index in [-0.39, 0.29) is 0 Å². The molecule has 2 N–H and O–H groups in total. The SMILES string of the molecule is OCC(O)CCC(I)CC(F)(F)C(F)(F)C(F)(F)C(F)(F)C(F)(F)C(F)(F)F. The molecule has 0 saturated heterocycles. The first-order valence-electron chi connectivity index (χ1n) is 6.99. The largest absolute Gasteiger partial charge is 0.460 e. The van der Waals surface area contributed by atoms with Crippen LogP contribution in [0, 0.1) is 0 Å². The molecule has 2 unspecified atom stereocenters. The van der Waals surface area contributed by atoms with Gasteiger partial charge in [-0.1, -0.05) is 22.6 Å². The van der Waals surface area contributed by atoms with Gasteiger partial charge in [0.05, 0.1) is 12.7 Å². The number of aliphatic hydroxyl groups is 2. The van der Waals surface area contributed by atoms with E-state index in [0.29, 0.717) is 0 Å². The molecule has 28 heavy (non-hydrogen) atoms. The van der Waals surface area contributed by atoms with Gasteiger partial charge in [-0.05, 0) is 12.8 Å². The molecule has 0 aliphatic carbocycles. The van der Waals surface area contributed by atoms with Gasteiger partial charge in [-0.15, -0.1) is 0 Å². The van der Waals surface area contributed by atoms with Crippen LogP contribution in [0.2, 0.25) is 0 Å². The van der Waals surface area contributed by atoms with Gasteiger partial charge in [0.15, 0.2) is 0 Å². The van der Waals surface area contributed by atoms with E-state index in [0.717, 1.165) is 22.6 Å². The van der Waals surface area contributed by atoms with Crippen molar-refractivity contribution in [3.05, 3.63) is 0 Å². The van der Waals surface area contributed by atoms with Crippen molar-refractivity contribution >= 4 is 22.6 Å². The molecule has 16 heteroatoms. The van der Waals surface area contributed by atoms with Crippen LogP contribution < -0.4 is 0 Å². The van der Waals surface area contributed by atoms with Gasteiger partial charge in [0.25, 0.3) is 0 Å². The Morgan fingerprint density at radius 1 is 0.643 bits per heavy atom. The molecule has 0 fully saturated rings. The number of alkyl halides is 14. The smallest absolute Gasteiger partial charge is 0.394 e. The fourth-order valence-corrected chi connectivity index (χ4v) is 2.69. The summed E-state index contributed by atoms with van der Waals surface area (Å²) in [6, 6.07) is 0. The molecular weight excluding hydrogens is 550 g/mol. The van der Waals surface area contributed by atoms with E-state index in [1.165, 1.54) is 0 Å². The number of hydrogen-bond donors (Lipinski definition) is 2. The lowest BCUT2D eigenvalue weighted by atomic mass is 9.91. The Balaban J connectivity index is 5.79. The average Bonchev–Trinajstić information content (AvgIpc) is 2.50. The van der Waals surface area contributed by atoms with Crippen molar-refractivity contribution in [1.82, 2.24) is 0 Å². The maximum atomic E-state index is 13.6. The lowest BCUT2D eigenvalue weighted by Crippen LogP contribution is -2.70. The topological polar surface area (TPSA) is 40.5 Å². The van der Waals surface area contributed by atoms with Gasteiger partial charge < -0.3 is 10.2 Å². The molecule has 0 aromatic carbocycles. The highest BCUT2D eigenvalue weighted by atomic mass is 127. The zero-order valence-electron chi connectivity index (χ0n) is 13.2. The molecule has 2 atom stereocenters. The fraction of sp³-hybridized carbons (Fsp3) is 1.00. The van der Waals surface area contributed by atoms with Crippen molar-refractivity contribution < 1.29 is 67.3 Å². The molecule has 0 aliphatic heterocycles. The van der Waals surface area contributed by atoms with E-state index in [1.807, 2.05) is 0 Å². The molecule has 0 spiro atoms. The average molecular weight is 562 g/mol. The van der Waals surface area contributed by atoms with Crippen LogP contribution >= 0.6 is 22.6 Å². The predicted molar refractivity (Wildman–Crippen MR) is 75.5 cm³/mol. The zero-order valence-corrected chi connectivity index (χ0v) is 15.3. The Bertz CT molecular complexity index is 520. The van der Waals surface area contributed by atoms with Gasteiger partial charge in [0.2, 0.25) is 0 Å². The van der Waals surface area contributed by atoms with Crippen LogP contribution in [-0.4, -0.2) is 62.6 Å². The molecule has 2 nitrogen and oxygen atoms in total. The van der Waals surface area contributed by atoms with Crippen LogP contribution in [-0.2, 0) is 0 Å². The summed E-state index contributed by atoms with van der Waals surface area (Å²) in [5, 5.41) is 17.5. The predicted octanol–water partition coefficient (Wildman–Crippen LogP) is 5.05. The van der Waals surface area contributed by atoms with E-state index >= 15 is 0 Å². The molecule has 0 aliphatic rings. The third-order valence-corrected chi connectivity index (χ3v) is 4.56. The van der Waals surface area contributed by atoms with Crippen LogP contribution in [0.1, 0.15) is 19.3 Å². The molecule has 0 amide bonds. The summed E-state index contributed by atoms with van der Waals surface area (Å²) in [5.74, 6) is -36.9. The van der Waals surface area contributed by atoms with Crippen LogP contribution in [0.4, 0.5) is 57.1 Å². The Hall–Kier alpha value is -0.260. The van der Waals surface area contributed by atoms with E-state index in [9.17, 15) is 57.1 Å². The minimum Gasteiger partial charge on any atom is -0.394 e. The van der Waals surface area contributed by atoms with Crippen LogP contribution in [0.25, 0.3) is 0 Å². The Labute approximate surface area is 162 Å². The molecular formula is C12H12F13IO2. The van der Waals surface area contributed by atoms with Crippen molar-refractivity contribution in [2.75, 3.05) is 6.61 Å². The first-order chi connectivity index (χ1) is 12.1. The maximum Gasteiger partial charge on any atom is 0.460 e. The van der Waals surface area contributed by atoms with Crippen LogP contribution in [0.15, 0.2) is 0 Å². The standard InChI is InChI=1S/C12H12F13IO2/c13-7(14,3-5(26)1-2-6(28)4-27)8(15,16)9(17,18)10(19,20)11(21,22)12(23,24)25/h5-6,27-28H,1-4H2. The van der Waals surface area contributed by atoms with E-state index in [1.54, 1.807) is 0 Å². The Morgan fingerprint density at radius 2 is 1.04 bits per heavy atom. The second kappa shape index (κ2) is 8.47. The van der Waals surface area contributed by atoms with Gasteiger partial charge in [-0.2, -0.15) is 57.1 Å². The molecule has 0 bridgehead atoms. The van der Waals surface area contributed by atoms with Crippen molar-refractivity contribution in [3.8, 4) is 0 Å². The Morgan fingerprint density at radius 3 is 1.39 bits per heavy atom. The third kappa shape index (κ3) is 4.89. The second-order valence-electron chi connectivity index (χ2n) is 5.71. The number of hydrogen-bond acceptors (Lipinski definition) is 2. The molecule has 0 heterocycles. The van der Waals surface area contributed by atoms with Gasteiger partial charge in [0, 0.05) is 10.3 Å². The van der Waals surface area contributed by atoms with Gasteiger partial charge in [-0.25, -0.2) is 0 Å². The van der Waals surface area contributed by atoms with Crippen LogP contribution in [0.5, 0.6) is 0 Å². The van der Waals surface area contributed by atoms with Gasteiger partial charge in [-0.3, -0.25) is 0 Å². The van der Waals surface area contributed by atoms with Crippen molar-refractivity contribution in [3.63, 3.8) is 0 Å². The van der Waals surface area contributed by atoms with Gasteiger partial charge >= 0.3 is 35.8 Å². The second-order valence-corrected chi connectivity index (χ2v) is 7.48. The maximum absolute atomic E-state index is 13.6. The minimum absolute atomic E-state index is 0.509. The van der Waals surface area contributed by atoms with Crippen molar-refractivity contribution in [1.29, 1.82) is 0 Å². The summed E-state index contributed by atoms with van der Waals surface area (Å²) in [5.41, 5.74) is 0. The van der Waals surface area contributed by atoms with Gasteiger partial charge in [0.1, 0.15) is 0 Å². The third-order valence-electron chi connectivity index (χ3n) is 3.50. The summed E-state index contributed by atoms with van der Waals surface area (Å²) in [6.07, 6.45) is -12.4.